The van der Waals surface area contributed by atoms with E-state index in [1.165, 1.54) is 10.9 Å². The van der Waals surface area contributed by atoms with Crippen LogP contribution in [0.2, 0.25) is 0 Å². The van der Waals surface area contributed by atoms with E-state index in [-0.39, 0.29) is 29.4 Å². The number of alkyl halides is 3. The molecular formula is C20H22F3N7O. The normalized spacial score (nSPS) is 19.4. The van der Waals surface area contributed by atoms with Gasteiger partial charge in [-0.2, -0.15) is 18.2 Å². The third kappa shape index (κ3) is 4.61. The Morgan fingerprint density at radius 1 is 1.16 bits per heavy atom. The van der Waals surface area contributed by atoms with Gasteiger partial charge in [0.1, 0.15) is 11.4 Å². The number of halogens is 3. The van der Waals surface area contributed by atoms with Crippen LogP contribution in [0.1, 0.15) is 31.2 Å². The fraction of sp³-hybridized carbons (Fsp3) is 0.400. The Kier molecular flexibility index (Phi) is 5.52. The van der Waals surface area contributed by atoms with Gasteiger partial charge in [-0.25, -0.2) is 9.97 Å². The van der Waals surface area contributed by atoms with Gasteiger partial charge in [-0.3, -0.25) is 4.79 Å². The van der Waals surface area contributed by atoms with Crippen LogP contribution >= 0.6 is 0 Å². The first kappa shape index (κ1) is 21.0. The Morgan fingerprint density at radius 3 is 2.61 bits per heavy atom. The Morgan fingerprint density at radius 2 is 1.90 bits per heavy atom. The van der Waals surface area contributed by atoms with Gasteiger partial charge >= 0.3 is 6.18 Å². The van der Waals surface area contributed by atoms with E-state index in [4.69, 9.17) is 5.73 Å². The van der Waals surface area contributed by atoms with Gasteiger partial charge in [-0.1, -0.05) is 0 Å². The molecule has 1 aliphatic carbocycles. The molecule has 1 aromatic carbocycles. The highest BCUT2D eigenvalue weighted by Crippen LogP contribution is 2.35. The maximum absolute atomic E-state index is 13.5. The van der Waals surface area contributed by atoms with Gasteiger partial charge in [-0.05, 0) is 43.9 Å². The van der Waals surface area contributed by atoms with Gasteiger partial charge in [0.15, 0.2) is 0 Å². The molecule has 4 rings (SSSR count). The van der Waals surface area contributed by atoms with Crippen LogP contribution in [0.5, 0.6) is 0 Å². The molecular weight excluding hydrogens is 411 g/mol. The number of anilines is 3. The molecule has 0 unspecified atom stereocenters. The zero-order chi connectivity index (χ0) is 22.2. The molecule has 0 amide bonds. The number of nitrogens with two attached hydrogens (primary N) is 1. The Balaban J connectivity index is 1.62. The maximum Gasteiger partial charge on any atom is 0.421 e. The van der Waals surface area contributed by atoms with Crippen molar-refractivity contribution in [3.05, 3.63) is 46.6 Å². The minimum Gasteiger partial charge on any atom is -0.367 e. The van der Waals surface area contributed by atoms with Crippen LogP contribution < -0.4 is 21.9 Å². The van der Waals surface area contributed by atoms with E-state index >= 15 is 0 Å². The molecule has 0 bridgehead atoms. The smallest absolute Gasteiger partial charge is 0.367 e. The molecule has 0 radical (unpaired) electrons. The fourth-order valence-electron chi connectivity index (χ4n) is 3.63. The molecule has 31 heavy (non-hydrogen) atoms. The number of fused-ring (bicyclic) bond motifs is 1. The largest absolute Gasteiger partial charge is 0.421 e. The van der Waals surface area contributed by atoms with Crippen molar-refractivity contribution in [1.82, 2.24) is 19.5 Å². The second-order valence-corrected chi connectivity index (χ2v) is 7.73. The molecule has 1 saturated carbocycles. The third-order valence-corrected chi connectivity index (χ3v) is 5.38. The van der Waals surface area contributed by atoms with Gasteiger partial charge < -0.3 is 20.9 Å². The van der Waals surface area contributed by atoms with E-state index in [2.05, 4.69) is 25.6 Å². The van der Waals surface area contributed by atoms with Crippen LogP contribution in [0.3, 0.4) is 0 Å². The highest BCUT2D eigenvalue weighted by Gasteiger charge is 2.36. The minimum atomic E-state index is -4.58. The predicted molar refractivity (Wildman–Crippen MR) is 111 cm³/mol. The first-order chi connectivity index (χ1) is 14.7. The summed E-state index contributed by atoms with van der Waals surface area (Å²) >= 11 is 0. The molecule has 8 nitrogen and oxygen atoms in total. The minimum absolute atomic E-state index is 0.00574. The molecule has 0 aliphatic heterocycles. The number of aryl methyl sites for hydroxylation is 1. The zero-order valence-corrected chi connectivity index (χ0v) is 16.8. The van der Waals surface area contributed by atoms with Crippen molar-refractivity contribution in [3.8, 4) is 0 Å². The lowest BCUT2D eigenvalue weighted by molar-refractivity contribution is -0.137. The van der Waals surface area contributed by atoms with Crippen molar-refractivity contribution in [3.63, 3.8) is 0 Å². The van der Waals surface area contributed by atoms with Crippen molar-refractivity contribution in [2.45, 2.75) is 43.9 Å². The van der Waals surface area contributed by atoms with Crippen LogP contribution in [0.25, 0.3) is 10.9 Å². The number of nitrogens with one attached hydrogen (secondary N) is 2. The van der Waals surface area contributed by atoms with E-state index in [1.54, 1.807) is 25.2 Å². The van der Waals surface area contributed by atoms with Crippen LogP contribution in [-0.4, -0.2) is 31.6 Å². The average molecular weight is 433 g/mol. The number of hydrogen-bond acceptors (Lipinski definition) is 7. The summed E-state index contributed by atoms with van der Waals surface area (Å²) in [4.78, 5) is 24.3. The standard InChI is InChI=1S/C20H22F3N7O/c1-30-10-26-16-8-13(6-7-14(16)18(30)31)28-19-25-9-15(20(21,22)23)17(29-19)27-12-4-2-11(24)3-5-12/h6-12H,2-5,24H2,1H3,(H2,25,27,28,29). The molecule has 0 spiro atoms. The lowest BCUT2D eigenvalue weighted by Crippen LogP contribution is -2.33. The number of benzene rings is 1. The lowest BCUT2D eigenvalue weighted by Gasteiger charge is -2.28. The van der Waals surface area contributed by atoms with E-state index in [1.807, 2.05) is 0 Å². The number of aromatic nitrogens is 4. The Labute approximate surface area is 175 Å². The SMILES string of the molecule is Cn1cnc2cc(Nc3ncc(C(F)(F)F)c(NC4CCC(N)CC4)n3)ccc2c1=O. The van der Waals surface area contributed by atoms with Crippen molar-refractivity contribution in [1.29, 1.82) is 0 Å². The van der Waals surface area contributed by atoms with Gasteiger partial charge in [-0.15, -0.1) is 0 Å². The van der Waals surface area contributed by atoms with E-state index in [9.17, 15) is 18.0 Å². The summed E-state index contributed by atoms with van der Waals surface area (Å²) in [5.41, 5.74) is 5.73. The number of rotatable bonds is 4. The van der Waals surface area contributed by atoms with Gasteiger partial charge in [0.2, 0.25) is 5.95 Å². The molecule has 11 heteroatoms. The molecule has 4 N–H and O–H groups in total. The highest BCUT2D eigenvalue weighted by atomic mass is 19.4. The van der Waals surface area contributed by atoms with Gasteiger partial charge in [0, 0.05) is 31.0 Å². The summed E-state index contributed by atoms with van der Waals surface area (Å²) in [7, 11) is 1.60. The molecule has 3 aromatic rings. The summed E-state index contributed by atoms with van der Waals surface area (Å²) in [6.07, 6.45) is 0.436. The van der Waals surface area contributed by atoms with Crippen LogP contribution in [0, 0.1) is 0 Å². The monoisotopic (exact) mass is 433 g/mol. The maximum atomic E-state index is 13.5. The Hall–Kier alpha value is -3.21. The number of hydrogen-bond donors (Lipinski definition) is 3. The first-order valence-corrected chi connectivity index (χ1v) is 9.89. The van der Waals surface area contributed by atoms with Crippen LogP contribution in [-0.2, 0) is 13.2 Å². The first-order valence-electron chi connectivity index (χ1n) is 9.89. The molecule has 2 aromatic heterocycles. The van der Waals surface area contributed by atoms with Gasteiger partial charge in [0.05, 0.1) is 17.2 Å². The zero-order valence-electron chi connectivity index (χ0n) is 16.8. The lowest BCUT2D eigenvalue weighted by atomic mass is 9.92. The van der Waals surface area contributed by atoms with E-state index < -0.39 is 11.7 Å². The quantitative estimate of drug-likeness (QED) is 0.580. The van der Waals surface area contributed by atoms with Crippen molar-refractivity contribution in [2.24, 2.45) is 12.8 Å². The van der Waals surface area contributed by atoms with Crippen LogP contribution in [0.15, 0.2) is 35.5 Å². The van der Waals surface area contributed by atoms with E-state index in [0.29, 0.717) is 29.4 Å². The van der Waals surface area contributed by atoms with Crippen molar-refractivity contribution < 1.29 is 13.2 Å². The molecule has 0 saturated heterocycles. The second kappa shape index (κ2) is 8.14. The summed E-state index contributed by atoms with van der Waals surface area (Å²) in [5, 5.41) is 6.25. The average Bonchev–Trinajstić information content (AvgIpc) is 2.72. The summed E-state index contributed by atoms with van der Waals surface area (Å²) in [6.45, 7) is 0. The molecule has 164 valence electrons. The van der Waals surface area contributed by atoms with Crippen molar-refractivity contribution in [2.75, 3.05) is 10.6 Å². The molecule has 2 heterocycles. The summed E-state index contributed by atoms with van der Waals surface area (Å²) in [6, 6.07) is 4.79. The highest BCUT2D eigenvalue weighted by molar-refractivity contribution is 5.82. The topological polar surface area (TPSA) is 111 Å². The van der Waals surface area contributed by atoms with Gasteiger partial charge in [0.25, 0.3) is 5.56 Å². The predicted octanol–water partition coefficient (Wildman–Crippen LogP) is 3.17. The van der Waals surface area contributed by atoms with Crippen molar-refractivity contribution >= 4 is 28.4 Å². The Bertz CT molecular complexity index is 1150. The third-order valence-electron chi connectivity index (χ3n) is 5.38. The molecule has 0 atom stereocenters. The summed E-state index contributed by atoms with van der Waals surface area (Å²) in [5.74, 6) is -0.260. The summed E-state index contributed by atoms with van der Waals surface area (Å²) < 4.78 is 41.8. The van der Waals surface area contributed by atoms with E-state index in [0.717, 1.165) is 19.0 Å². The number of nitrogens with zero attached hydrogens (tertiary/aromatic N) is 4. The molecule has 1 fully saturated rings. The van der Waals surface area contributed by atoms with Crippen LogP contribution in [0.4, 0.5) is 30.6 Å². The second-order valence-electron chi connectivity index (χ2n) is 7.73. The fourth-order valence-corrected chi connectivity index (χ4v) is 3.63. The molecule has 1 aliphatic rings.